The minimum absolute atomic E-state index is 0.217. The second kappa shape index (κ2) is 6.55. The Balaban J connectivity index is 1.42. The number of piperidine rings is 1. The van der Waals surface area contributed by atoms with Crippen LogP contribution in [0.15, 0.2) is 24.3 Å². The molecule has 0 amide bonds. The quantitative estimate of drug-likeness (QED) is 0.846. The van der Waals surface area contributed by atoms with Gasteiger partial charge in [0, 0.05) is 26.2 Å². The minimum Gasteiger partial charge on any atom is -0.490 e. The van der Waals surface area contributed by atoms with Gasteiger partial charge in [0.25, 0.3) is 0 Å². The first-order valence-corrected chi connectivity index (χ1v) is 7.52. The lowest BCUT2D eigenvalue weighted by Gasteiger charge is -2.33. The Morgan fingerprint density at radius 1 is 1.15 bits per heavy atom. The lowest BCUT2D eigenvalue weighted by atomic mass is 10.0. The highest BCUT2D eigenvalue weighted by Crippen LogP contribution is 2.21. The molecule has 0 aliphatic carbocycles. The molecular formula is C16H22FNO2. The average molecular weight is 279 g/mol. The molecule has 0 aromatic heterocycles. The number of halogens is 1. The molecule has 3 rings (SSSR count). The summed E-state index contributed by atoms with van der Waals surface area (Å²) < 4.78 is 24.2. The molecule has 1 aromatic rings. The van der Waals surface area contributed by atoms with Crippen LogP contribution < -0.4 is 4.74 Å². The molecule has 2 heterocycles. The molecule has 2 aliphatic rings. The number of nitrogens with zero attached hydrogens (tertiary/aromatic N) is 1. The lowest BCUT2D eigenvalue weighted by Crippen LogP contribution is -2.40. The average Bonchev–Trinajstić information content (AvgIpc) is 2.96. The smallest absolute Gasteiger partial charge is 0.123 e. The monoisotopic (exact) mass is 279 g/mol. The highest BCUT2D eigenvalue weighted by Gasteiger charge is 2.24. The van der Waals surface area contributed by atoms with E-state index in [4.69, 9.17) is 9.47 Å². The number of benzene rings is 1. The summed E-state index contributed by atoms with van der Waals surface area (Å²) in [6.45, 7) is 5.18. The highest BCUT2D eigenvalue weighted by atomic mass is 19.1. The third-order valence-corrected chi connectivity index (χ3v) is 4.19. The highest BCUT2D eigenvalue weighted by molar-refractivity contribution is 5.22. The van der Waals surface area contributed by atoms with Crippen molar-refractivity contribution in [2.75, 3.05) is 32.8 Å². The van der Waals surface area contributed by atoms with Crippen molar-refractivity contribution >= 4 is 0 Å². The second-order valence-electron chi connectivity index (χ2n) is 5.80. The van der Waals surface area contributed by atoms with E-state index in [1.807, 2.05) is 0 Å². The molecule has 0 radical (unpaired) electrons. The van der Waals surface area contributed by atoms with Gasteiger partial charge in [-0.25, -0.2) is 4.39 Å². The van der Waals surface area contributed by atoms with E-state index in [9.17, 15) is 4.39 Å². The molecule has 1 atom stereocenters. The Morgan fingerprint density at radius 3 is 2.55 bits per heavy atom. The zero-order chi connectivity index (χ0) is 13.8. The SMILES string of the molecule is Fc1ccc(OC2CCN(C[C@@H]3CCOC3)CC2)cc1. The van der Waals surface area contributed by atoms with Crippen molar-refractivity contribution in [3.63, 3.8) is 0 Å². The Kier molecular flexibility index (Phi) is 4.53. The van der Waals surface area contributed by atoms with Crippen LogP contribution in [0.4, 0.5) is 4.39 Å². The van der Waals surface area contributed by atoms with Gasteiger partial charge >= 0.3 is 0 Å². The summed E-state index contributed by atoms with van der Waals surface area (Å²) >= 11 is 0. The number of rotatable bonds is 4. The molecule has 4 heteroatoms. The number of likely N-dealkylation sites (tertiary alicyclic amines) is 1. The van der Waals surface area contributed by atoms with Gasteiger partial charge in [0.1, 0.15) is 17.7 Å². The summed E-state index contributed by atoms with van der Waals surface area (Å²) in [7, 11) is 0. The molecule has 0 N–H and O–H groups in total. The van der Waals surface area contributed by atoms with Crippen LogP contribution in [-0.2, 0) is 4.74 Å². The summed E-state index contributed by atoms with van der Waals surface area (Å²) in [5.74, 6) is 1.27. The predicted molar refractivity (Wildman–Crippen MR) is 75.4 cm³/mol. The van der Waals surface area contributed by atoms with Crippen LogP contribution in [0.25, 0.3) is 0 Å². The predicted octanol–water partition coefficient (Wildman–Crippen LogP) is 2.71. The molecule has 0 spiro atoms. The van der Waals surface area contributed by atoms with Crippen LogP contribution in [0.5, 0.6) is 5.75 Å². The van der Waals surface area contributed by atoms with E-state index < -0.39 is 0 Å². The molecule has 0 saturated carbocycles. The van der Waals surface area contributed by atoms with Crippen LogP contribution in [0.2, 0.25) is 0 Å². The fourth-order valence-corrected chi connectivity index (χ4v) is 3.01. The topological polar surface area (TPSA) is 21.7 Å². The maximum Gasteiger partial charge on any atom is 0.123 e. The number of hydrogen-bond donors (Lipinski definition) is 0. The van der Waals surface area contributed by atoms with E-state index in [-0.39, 0.29) is 11.9 Å². The summed E-state index contributed by atoms with van der Waals surface area (Å²) in [6.07, 6.45) is 3.55. The molecule has 1 aromatic carbocycles. The van der Waals surface area contributed by atoms with Crippen LogP contribution in [0.1, 0.15) is 19.3 Å². The lowest BCUT2D eigenvalue weighted by molar-refractivity contribution is 0.0880. The summed E-state index contributed by atoms with van der Waals surface area (Å²) in [4.78, 5) is 2.52. The van der Waals surface area contributed by atoms with Crippen molar-refractivity contribution in [2.45, 2.75) is 25.4 Å². The van der Waals surface area contributed by atoms with Crippen LogP contribution in [-0.4, -0.2) is 43.9 Å². The first-order chi connectivity index (χ1) is 9.79. The molecule has 20 heavy (non-hydrogen) atoms. The molecule has 2 aliphatic heterocycles. The Labute approximate surface area is 119 Å². The van der Waals surface area contributed by atoms with Gasteiger partial charge in [-0.15, -0.1) is 0 Å². The van der Waals surface area contributed by atoms with Gasteiger partial charge in [-0.05, 0) is 49.4 Å². The van der Waals surface area contributed by atoms with Crippen LogP contribution in [0.3, 0.4) is 0 Å². The van der Waals surface area contributed by atoms with Crippen molar-refractivity contribution in [1.82, 2.24) is 4.90 Å². The maximum atomic E-state index is 12.8. The second-order valence-corrected chi connectivity index (χ2v) is 5.80. The zero-order valence-electron chi connectivity index (χ0n) is 11.8. The molecule has 2 saturated heterocycles. The Hall–Kier alpha value is -1.13. The van der Waals surface area contributed by atoms with Crippen molar-refractivity contribution in [1.29, 1.82) is 0 Å². The minimum atomic E-state index is -0.217. The Morgan fingerprint density at radius 2 is 1.90 bits per heavy atom. The van der Waals surface area contributed by atoms with Gasteiger partial charge in [0.2, 0.25) is 0 Å². The first kappa shape index (κ1) is 13.8. The third-order valence-electron chi connectivity index (χ3n) is 4.19. The standard InChI is InChI=1S/C16H22FNO2/c17-14-1-3-15(4-2-14)20-16-5-8-18(9-6-16)11-13-7-10-19-12-13/h1-4,13,16H,5-12H2/t13-/m0/s1. The molecule has 110 valence electrons. The summed E-state index contributed by atoms with van der Waals surface area (Å²) in [5.41, 5.74) is 0. The van der Waals surface area contributed by atoms with Gasteiger partial charge in [0.15, 0.2) is 0 Å². The molecule has 2 fully saturated rings. The van der Waals surface area contributed by atoms with Crippen molar-refractivity contribution in [2.24, 2.45) is 5.92 Å². The van der Waals surface area contributed by atoms with Gasteiger partial charge in [-0.2, -0.15) is 0 Å². The van der Waals surface area contributed by atoms with E-state index in [1.54, 1.807) is 12.1 Å². The largest absolute Gasteiger partial charge is 0.490 e. The van der Waals surface area contributed by atoms with E-state index in [2.05, 4.69) is 4.90 Å². The summed E-state index contributed by atoms with van der Waals surface area (Å²) in [5, 5.41) is 0. The van der Waals surface area contributed by atoms with Gasteiger partial charge in [-0.3, -0.25) is 0 Å². The number of hydrogen-bond acceptors (Lipinski definition) is 3. The van der Waals surface area contributed by atoms with Gasteiger partial charge in [0.05, 0.1) is 6.61 Å². The third kappa shape index (κ3) is 3.70. The number of ether oxygens (including phenoxy) is 2. The maximum absolute atomic E-state index is 12.8. The molecule has 0 unspecified atom stereocenters. The van der Waals surface area contributed by atoms with E-state index in [1.165, 1.54) is 18.6 Å². The molecular weight excluding hydrogens is 257 g/mol. The fraction of sp³-hybridized carbons (Fsp3) is 0.625. The van der Waals surface area contributed by atoms with Crippen LogP contribution in [0, 0.1) is 11.7 Å². The van der Waals surface area contributed by atoms with Crippen molar-refractivity contribution in [3.05, 3.63) is 30.1 Å². The normalized spacial score (nSPS) is 24.9. The van der Waals surface area contributed by atoms with E-state index in [0.29, 0.717) is 5.92 Å². The summed E-state index contributed by atoms with van der Waals surface area (Å²) in [6, 6.07) is 6.31. The Bertz CT molecular complexity index is 409. The van der Waals surface area contributed by atoms with E-state index in [0.717, 1.165) is 51.4 Å². The van der Waals surface area contributed by atoms with E-state index >= 15 is 0 Å². The molecule has 0 bridgehead atoms. The van der Waals surface area contributed by atoms with Crippen molar-refractivity contribution in [3.8, 4) is 5.75 Å². The van der Waals surface area contributed by atoms with Crippen LogP contribution >= 0.6 is 0 Å². The first-order valence-electron chi connectivity index (χ1n) is 7.52. The van der Waals surface area contributed by atoms with Crippen molar-refractivity contribution < 1.29 is 13.9 Å². The van der Waals surface area contributed by atoms with Gasteiger partial charge in [-0.1, -0.05) is 0 Å². The zero-order valence-corrected chi connectivity index (χ0v) is 11.8. The molecule has 3 nitrogen and oxygen atoms in total. The van der Waals surface area contributed by atoms with Gasteiger partial charge < -0.3 is 14.4 Å². The fourth-order valence-electron chi connectivity index (χ4n) is 3.01.